The molecule has 200 valence electrons. The van der Waals surface area contributed by atoms with Crippen molar-refractivity contribution in [3.63, 3.8) is 0 Å². The second kappa shape index (κ2) is 12.0. The van der Waals surface area contributed by atoms with Gasteiger partial charge in [0.2, 0.25) is 0 Å². The number of aromatic amines is 1. The molecule has 0 radical (unpaired) electrons. The summed E-state index contributed by atoms with van der Waals surface area (Å²) in [4.78, 5) is 35.6. The van der Waals surface area contributed by atoms with Crippen LogP contribution in [-0.4, -0.2) is 52.7 Å². The Morgan fingerprint density at radius 1 is 1.13 bits per heavy atom. The van der Waals surface area contributed by atoms with Crippen LogP contribution in [0.3, 0.4) is 0 Å². The predicted octanol–water partition coefficient (Wildman–Crippen LogP) is 6.37. The van der Waals surface area contributed by atoms with Gasteiger partial charge in [-0.25, -0.2) is 4.98 Å². The van der Waals surface area contributed by atoms with Gasteiger partial charge in [-0.15, -0.1) is 0 Å². The van der Waals surface area contributed by atoms with Gasteiger partial charge < -0.3 is 15.2 Å². The molecule has 2 aromatic carbocycles. The average Bonchev–Trinajstić information content (AvgIpc) is 3.61. The number of carbonyl (C=O) groups excluding carboxylic acids is 2. The van der Waals surface area contributed by atoms with E-state index in [2.05, 4.69) is 26.8 Å². The molecule has 3 heterocycles. The molecule has 7 heteroatoms. The van der Waals surface area contributed by atoms with E-state index in [0.717, 1.165) is 65.0 Å². The van der Waals surface area contributed by atoms with Gasteiger partial charge in [0.15, 0.2) is 5.78 Å². The fraction of sp³-hybridized carbons (Fsp3) is 0.281. The highest BCUT2D eigenvalue weighted by atomic mass is 35.5. The standard InChI is InChI=1S/C32H33ClN4O2/c1-3-26(38)20-25-18-22(11-10-21(25)2)28-29-27(33)12-14-34-31(29)36-30(28)23-8-6-9-24(19-23)32(39)35-13-7-17-37-15-4-5-16-37/h3,6,8-12,14,18-19H,1,4-5,7,13,15-17,20H2,2H3,(H,34,36)(H,35,39). The summed E-state index contributed by atoms with van der Waals surface area (Å²) in [6.45, 7) is 9.59. The van der Waals surface area contributed by atoms with Crippen molar-refractivity contribution < 1.29 is 9.59 Å². The van der Waals surface area contributed by atoms with Crippen molar-refractivity contribution in [2.75, 3.05) is 26.2 Å². The van der Waals surface area contributed by atoms with Crippen molar-refractivity contribution in [1.82, 2.24) is 20.2 Å². The zero-order valence-corrected chi connectivity index (χ0v) is 23.0. The smallest absolute Gasteiger partial charge is 0.251 e. The number of allylic oxidation sites excluding steroid dienone is 1. The first-order chi connectivity index (χ1) is 18.9. The minimum Gasteiger partial charge on any atom is -0.352 e. The van der Waals surface area contributed by atoms with E-state index in [4.69, 9.17) is 11.6 Å². The van der Waals surface area contributed by atoms with Crippen molar-refractivity contribution in [1.29, 1.82) is 0 Å². The van der Waals surface area contributed by atoms with Gasteiger partial charge in [-0.3, -0.25) is 9.59 Å². The Kier molecular flexibility index (Phi) is 8.24. The number of nitrogens with one attached hydrogen (secondary N) is 2. The molecule has 5 rings (SSSR count). The van der Waals surface area contributed by atoms with Crippen LogP contribution >= 0.6 is 11.6 Å². The highest BCUT2D eigenvalue weighted by molar-refractivity contribution is 6.36. The number of nitrogens with zero attached hydrogens (tertiary/aromatic N) is 2. The number of likely N-dealkylation sites (tertiary alicyclic amines) is 1. The van der Waals surface area contributed by atoms with Gasteiger partial charge in [-0.1, -0.05) is 48.5 Å². The van der Waals surface area contributed by atoms with Crippen LogP contribution in [0.1, 0.15) is 40.7 Å². The number of carbonyl (C=O) groups is 2. The van der Waals surface area contributed by atoms with Crippen LogP contribution in [0, 0.1) is 6.92 Å². The second-order valence-corrected chi connectivity index (χ2v) is 10.5. The third-order valence-corrected chi connectivity index (χ3v) is 7.74. The first-order valence-electron chi connectivity index (χ1n) is 13.5. The van der Waals surface area contributed by atoms with Crippen LogP contribution in [0.2, 0.25) is 5.02 Å². The number of benzene rings is 2. The molecule has 0 spiro atoms. The molecule has 2 aromatic heterocycles. The van der Waals surface area contributed by atoms with E-state index in [-0.39, 0.29) is 18.1 Å². The third kappa shape index (κ3) is 5.97. The Morgan fingerprint density at radius 3 is 2.74 bits per heavy atom. The van der Waals surface area contributed by atoms with Gasteiger partial charge in [-0.05, 0) is 92.3 Å². The van der Waals surface area contributed by atoms with E-state index < -0.39 is 0 Å². The summed E-state index contributed by atoms with van der Waals surface area (Å²) in [5, 5.41) is 4.45. The monoisotopic (exact) mass is 540 g/mol. The van der Waals surface area contributed by atoms with Gasteiger partial charge in [-0.2, -0.15) is 0 Å². The minimum absolute atomic E-state index is 0.0340. The molecular weight excluding hydrogens is 508 g/mol. The molecule has 0 atom stereocenters. The van der Waals surface area contributed by atoms with Crippen molar-refractivity contribution in [3.05, 3.63) is 89.1 Å². The van der Waals surface area contributed by atoms with E-state index >= 15 is 0 Å². The van der Waals surface area contributed by atoms with Crippen molar-refractivity contribution >= 4 is 34.3 Å². The summed E-state index contributed by atoms with van der Waals surface area (Å²) in [5.74, 6) is -0.124. The summed E-state index contributed by atoms with van der Waals surface area (Å²) in [6.07, 6.45) is 6.78. The molecule has 0 saturated carbocycles. The number of rotatable bonds is 10. The first kappa shape index (κ1) is 26.9. The van der Waals surface area contributed by atoms with E-state index in [0.29, 0.717) is 22.8 Å². The lowest BCUT2D eigenvalue weighted by molar-refractivity contribution is -0.114. The highest BCUT2D eigenvalue weighted by Gasteiger charge is 2.20. The van der Waals surface area contributed by atoms with Crippen LogP contribution in [0.4, 0.5) is 0 Å². The van der Waals surface area contributed by atoms with Gasteiger partial charge in [0.05, 0.1) is 10.7 Å². The lowest BCUT2D eigenvalue weighted by Gasteiger charge is -2.14. The fourth-order valence-electron chi connectivity index (χ4n) is 5.29. The number of pyridine rings is 1. The molecule has 2 N–H and O–H groups in total. The molecule has 0 bridgehead atoms. The SMILES string of the molecule is C=CC(=O)Cc1cc(-c2c(-c3cccc(C(=O)NCCCN4CCCC4)c3)[nH]c3nccc(Cl)c23)ccc1C. The van der Waals surface area contributed by atoms with E-state index in [1.165, 1.54) is 18.9 Å². The fourth-order valence-corrected chi connectivity index (χ4v) is 5.53. The van der Waals surface area contributed by atoms with Gasteiger partial charge in [0.1, 0.15) is 5.65 Å². The average molecular weight is 541 g/mol. The van der Waals surface area contributed by atoms with Gasteiger partial charge in [0, 0.05) is 35.7 Å². The molecular formula is C32H33ClN4O2. The number of aryl methyl sites for hydroxylation is 1. The summed E-state index contributed by atoms with van der Waals surface area (Å²) in [7, 11) is 0. The van der Waals surface area contributed by atoms with E-state index in [1.54, 1.807) is 12.3 Å². The number of halogens is 1. The Balaban J connectivity index is 1.48. The number of aromatic nitrogens is 2. The molecule has 1 saturated heterocycles. The Labute approximate surface area is 234 Å². The Bertz CT molecular complexity index is 1530. The summed E-state index contributed by atoms with van der Waals surface area (Å²) in [5.41, 5.74) is 6.70. The number of hydrogen-bond acceptors (Lipinski definition) is 4. The summed E-state index contributed by atoms with van der Waals surface area (Å²) in [6, 6.07) is 15.4. The molecule has 4 aromatic rings. The Hall–Kier alpha value is -3.74. The maximum Gasteiger partial charge on any atom is 0.251 e. The third-order valence-electron chi connectivity index (χ3n) is 7.42. The highest BCUT2D eigenvalue weighted by Crippen LogP contribution is 2.41. The lowest BCUT2D eigenvalue weighted by Crippen LogP contribution is -2.28. The van der Waals surface area contributed by atoms with Crippen LogP contribution in [0.5, 0.6) is 0 Å². The molecule has 1 aliphatic rings. The van der Waals surface area contributed by atoms with Crippen LogP contribution in [0.15, 0.2) is 67.4 Å². The van der Waals surface area contributed by atoms with E-state index in [1.807, 2.05) is 49.4 Å². The molecule has 39 heavy (non-hydrogen) atoms. The summed E-state index contributed by atoms with van der Waals surface area (Å²) >= 11 is 6.70. The van der Waals surface area contributed by atoms with Crippen molar-refractivity contribution in [2.24, 2.45) is 0 Å². The maximum absolute atomic E-state index is 13.0. The van der Waals surface area contributed by atoms with Crippen molar-refractivity contribution in [2.45, 2.75) is 32.6 Å². The molecule has 1 aliphatic heterocycles. The predicted molar refractivity (Wildman–Crippen MR) is 158 cm³/mol. The molecule has 1 amide bonds. The summed E-state index contributed by atoms with van der Waals surface area (Å²) < 4.78 is 0. The number of hydrogen-bond donors (Lipinski definition) is 2. The van der Waals surface area contributed by atoms with Crippen molar-refractivity contribution in [3.8, 4) is 22.4 Å². The maximum atomic E-state index is 13.0. The molecule has 1 fully saturated rings. The van der Waals surface area contributed by atoms with Crippen LogP contribution < -0.4 is 5.32 Å². The number of fused-ring (bicyclic) bond motifs is 1. The topological polar surface area (TPSA) is 78.1 Å². The molecule has 6 nitrogen and oxygen atoms in total. The molecule has 0 aliphatic carbocycles. The number of ketones is 1. The number of H-pyrrole nitrogens is 1. The molecule has 0 unspecified atom stereocenters. The lowest BCUT2D eigenvalue weighted by atomic mass is 9.93. The quantitative estimate of drug-likeness (QED) is 0.181. The first-order valence-corrected chi connectivity index (χ1v) is 13.8. The van der Waals surface area contributed by atoms with Gasteiger partial charge in [0.25, 0.3) is 5.91 Å². The second-order valence-electron chi connectivity index (χ2n) is 10.1. The largest absolute Gasteiger partial charge is 0.352 e. The van der Waals surface area contributed by atoms with Crippen LogP contribution in [0.25, 0.3) is 33.4 Å². The normalized spacial score (nSPS) is 13.6. The van der Waals surface area contributed by atoms with Crippen LogP contribution in [-0.2, 0) is 11.2 Å². The number of amides is 1. The zero-order chi connectivity index (χ0) is 27.4. The van der Waals surface area contributed by atoms with E-state index in [9.17, 15) is 9.59 Å². The van der Waals surface area contributed by atoms with Gasteiger partial charge >= 0.3 is 0 Å². The zero-order valence-electron chi connectivity index (χ0n) is 22.2. The Morgan fingerprint density at radius 2 is 1.95 bits per heavy atom. The minimum atomic E-state index is -0.0901.